The normalized spacial score (nSPS) is 22.9. The summed E-state index contributed by atoms with van der Waals surface area (Å²) in [4.78, 5) is 12.8. The van der Waals surface area contributed by atoms with Gasteiger partial charge in [-0.25, -0.2) is 0 Å². The third kappa shape index (κ3) is 1.48. The number of anilines is 2. The molecule has 0 fully saturated rings. The Hall–Kier alpha value is -1.46. The topological polar surface area (TPSA) is 41.1 Å². The van der Waals surface area contributed by atoms with Crippen LogP contribution in [0.4, 0.5) is 11.4 Å². The van der Waals surface area contributed by atoms with Crippen LogP contribution < -0.4 is 10.6 Å². The summed E-state index contributed by atoms with van der Waals surface area (Å²) in [6, 6.07) is 13.9. The highest BCUT2D eigenvalue weighted by Crippen LogP contribution is 2.55. The molecule has 2 aliphatic heterocycles. The van der Waals surface area contributed by atoms with E-state index in [1.807, 2.05) is 42.5 Å². The van der Waals surface area contributed by atoms with Gasteiger partial charge in [-0.3, -0.25) is 4.79 Å². The quantitative estimate of drug-likeness (QED) is 0.771. The lowest BCUT2D eigenvalue weighted by Crippen LogP contribution is -2.35. The maximum atomic E-state index is 12.4. The summed E-state index contributed by atoms with van der Waals surface area (Å²) in [7, 11) is 0. The highest BCUT2D eigenvalue weighted by atomic mass is 79.9. The summed E-state index contributed by atoms with van der Waals surface area (Å²) in [6.45, 7) is 0. The zero-order valence-electron chi connectivity index (χ0n) is 9.74. The lowest BCUT2D eigenvalue weighted by molar-refractivity contribution is -0.117. The van der Waals surface area contributed by atoms with Gasteiger partial charge in [0.2, 0.25) is 0 Å². The molecule has 1 atom stereocenters. The summed E-state index contributed by atoms with van der Waals surface area (Å²) in [5, 5.41) is 6.32. The second kappa shape index (κ2) is 3.77. The Bertz CT molecular complexity index is 691. The summed E-state index contributed by atoms with van der Waals surface area (Å²) in [5.74, 6) is -0.0122. The minimum Gasteiger partial charge on any atom is -0.358 e. The molecule has 2 heterocycles. The van der Waals surface area contributed by atoms with E-state index in [1.54, 1.807) is 11.8 Å². The maximum Gasteiger partial charge on any atom is 0.265 e. The molecule has 0 saturated heterocycles. The first kappa shape index (κ1) is 11.4. The van der Waals surface area contributed by atoms with E-state index in [0.29, 0.717) is 0 Å². The maximum absolute atomic E-state index is 12.4. The smallest absolute Gasteiger partial charge is 0.265 e. The van der Waals surface area contributed by atoms with Crippen molar-refractivity contribution >= 4 is 45.0 Å². The van der Waals surface area contributed by atoms with Gasteiger partial charge in [0.1, 0.15) is 0 Å². The lowest BCUT2D eigenvalue weighted by Gasteiger charge is -2.21. The van der Waals surface area contributed by atoms with Crippen LogP contribution in [-0.4, -0.2) is 5.91 Å². The third-order valence-electron chi connectivity index (χ3n) is 3.39. The van der Waals surface area contributed by atoms with Crippen LogP contribution in [0.3, 0.4) is 0 Å². The Morgan fingerprint density at radius 3 is 2.79 bits per heavy atom. The molecule has 1 spiro atoms. The number of nitrogens with one attached hydrogen (secondary N) is 2. The highest BCUT2D eigenvalue weighted by Gasteiger charge is 2.51. The van der Waals surface area contributed by atoms with Crippen LogP contribution in [0.15, 0.2) is 51.8 Å². The van der Waals surface area contributed by atoms with E-state index in [2.05, 4.69) is 26.6 Å². The predicted octanol–water partition coefficient (Wildman–Crippen LogP) is 3.77. The summed E-state index contributed by atoms with van der Waals surface area (Å²) < 4.78 is 0.973. The van der Waals surface area contributed by atoms with Gasteiger partial charge in [-0.1, -0.05) is 39.8 Å². The van der Waals surface area contributed by atoms with Gasteiger partial charge >= 0.3 is 0 Å². The Labute approximate surface area is 122 Å². The Balaban J connectivity index is 1.90. The van der Waals surface area contributed by atoms with Crippen LogP contribution in [0, 0.1) is 0 Å². The second-order valence-electron chi connectivity index (χ2n) is 4.55. The molecule has 0 unspecified atom stereocenters. The minimum atomic E-state index is -0.733. The first-order valence-electron chi connectivity index (χ1n) is 5.87. The number of amides is 1. The van der Waals surface area contributed by atoms with Gasteiger partial charge in [-0.2, -0.15) is 0 Å². The lowest BCUT2D eigenvalue weighted by atomic mass is 10.1. The molecule has 19 heavy (non-hydrogen) atoms. The number of benzene rings is 2. The number of fused-ring (bicyclic) bond motifs is 3. The molecule has 0 aliphatic carbocycles. The highest BCUT2D eigenvalue weighted by molar-refractivity contribution is 9.10. The number of para-hydroxylation sites is 1. The molecule has 5 heteroatoms. The molecule has 2 N–H and O–H groups in total. The van der Waals surface area contributed by atoms with E-state index < -0.39 is 4.87 Å². The molecule has 0 bridgehead atoms. The molecular weight excluding hydrogens is 324 g/mol. The van der Waals surface area contributed by atoms with Crippen molar-refractivity contribution in [1.29, 1.82) is 0 Å². The molecule has 2 aliphatic rings. The van der Waals surface area contributed by atoms with Crippen molar-refractivity contribution in [2.24, 2.45) is 0 Å². The second-order valence-corrected chi connectivity index (χ2v) is 6.72. The molecular formula is C14H9BrN2OS. The van der Waals surface area contributed by atoms with Gasteiger partial charge in [-0.15, -0.1) is 0 Å². The average Bonchev–Trinajstić information content (AvgIpc) is 2.91. The van der Waals surface area contributed by atoms with Crippen molar-refractivity contribution in [3.8, 4) is 0 Å². The summed E-state index contributed by atoms with van der Waals surface area (Å²) in [6.07, 6.45) is 0. The number of carbonyl (C=O) groups excluding carboxylic acids is 1. The van der Waals surface area contributed by atoms with Crippen molar-refractivity contribution in [3.05, 3.63) is 52.5 Å². The number of hydrogen-bond donors (Lipinski definition) is 2. The van der Waals surface area contributed by atoms with Gasteiger partial charge in [0.25, 0.3) is 5.91 Å². The fraction of sp³-hybridized carbons (Fsp3) is 0.0714. The summed E-state index contributed by atoms with van der Waals surface area (Å²) in [5.41, 5.74) is 2.87. The standard InChI is InChI=1S/C14H9BrN2OS/c15-8-5-6-10-9(7-8)14(13(18)16-10)17-11-3-1-2-4-12(11)19-14/h1-7,17H,(H,16,18)/t14-/m0/s1. The van der Waals surface area contributed by atoms with Crippen molar-refractivity contribution < 1.29 is 4.79 Å². The number of rotatable bonds is 0. The SMILES string of the molecule is O=C1Nc2ccc(Br)cc2[C@@]12Nc1ccccc1S2. The van der Waals surface area contributed by atoms with Crippen molar-refractivity contribution in [1.82, 2.24) is 0 Å². The van der Waals surface area contributed by atoms with Gasteiger partial charge in [0, 0.05) is 26.3 Å². The van der Waals surface area contributed by atoms with E-state index in [4.69, 9.17) is 0 Å². The van der Waals surface area contributed by atoms with Crippen LogP contribution in [-0.2, 0) is 9.67 Å². The number of thioether (sulfide) groups is 1. The van der Waals surface area contributed by atoms with E-state index >= 15 is 0 Å². The zero-order chi connectivity index (χ0) is 13.0. The van der Waals surface area contributed by atoms with E-state index in [0.717, 1.165) is 26.3 Å². The first-order chi connectivity index (χ1) is 9.19. The largest absolute Gasteiger partial charge is 0.358 e. The number of halogens is 1. The zero-order valence-corrected chi connectivity index (χ0v) is 12.1. The monoisotopic (exact) mass is 332 g/mol. The Kier molecular flexibility index (Phi) is 2.26. The molecule has 3 nitrogen and oxygen atoms in total. The predicted molar refractivity (Wildman–Crippen MR) is 80.4 cm³/mol. The van der Waals surface area contributed by atoms with Gasteiger partial charge < -0.3 is 10.6 Å². The molecule has 94 valence electrons. The Morgan fingerprint density at radius 2 is 1.95 bits per heavy atom. The first-order valence-corrected chi connectivity index (χ1v) is 7.48. The van der Waals surface area contributed by atoms with Gasteiger partial charge in [0.05, 0.1) is 0 Å². The van der Waals surface area contributed by atoms with Crippen LogP contribution in [0.2, 0.25) is 0 Å². The van der Waals surface area contributed by atoms with Crippen LogP contribution in [0.25, 0.3) is 0 Å². The number of hydrogen-bond acceptors (Lipinski definition) is 3. The van der Waals surface area contributed by atoms with Crippen LogP contribution >= 0.6 is 27.7 Å². The minimum absolute atomic E-state index is 0.0122. The van der Waals surface area contributed by atoms with E-state index in [-0.39, 0.29) is 5.91 Å². The molecule has 2 aromatic rings. The Morgan fingerprint density at radius 1 is 1.11 bits per heavy atom. The molecule has 0 aromatic heterocycles. The molecule has 0 saturated carbocycles. The van der Waals surface area contributed by atoms with Crippen LogP contribution in [0.5, 0.6) is 0 Å². The van der Waals surface area contributed by atoms with Gasteiger partial charge in [-0.05, 0) is 30.3 Å². The van der Waals surface area contributed by atoms with Crippen LogP contribution in [0.1, 0.15) is 5.56 Å². The number of carbonyl (C=O) groups is 1. The van der Waals surface area contributed by atoms with Crippen molar-refractivity contribution in [2.45, 2.75) is 9.77 Å². The molecule has 1 amide bonds. The van der Waals surface area contributed by atoms with Crippen molar-refractivity contribution in [3.63, 3.8) is 0 Å². The van der Waals surface area contributed by atoms with E-state index in [1.165, 1.54) is 0 Å². The fourth-order valence-electron chi connectivity index (χ4n) is 2.51. The average molecular weight is 333 g/mol. The molecule has 4 rings (SSSR count). The van der Waals surface area contributed by atoms with Crippen molar-refractivity contribution in [2.75, 3.05) is 10.6 Å². The molecule has 0 radical (unpaired) electrons. The third-order valence-corrected chi connectivity index (χ3v) is 5.27. The van der Waals surface area contributed by atoms with Gasteiger partial charge in [0.15, 0.2) is 4.87 Å². The fourth-order valence-corrected chi connectivity index (χ4v) is 4.16. The summed E-state index contributed by atoms with van der Waals surface area (Å²) >= 11 is 5.04. The molecule has 2 aromatic carbocycles. The van der Waals surface area contributed by atoms with E-state index in [9.17, 15) is 4.79 Å².